The minimum absolute atomic E-state index is 0.0691. The monoisotopic (exact) mass is 318 g/mol. The lowest BCUT2D eigenvalue weighted by Crippen LogP contribution is -2.22. The number of aromatic nitrogens is 1. The highest BCUT2D eigenvalue weighted by Gasteiger charge is 2.10. The number of carbonyl (C=O) groups is 3. The Balaban J connectivity index is 2.01. The molecule has 0 saturated heterocycles. The van der Waals surface area contributed by atoms with Crippen LogP contribution in [0.1, 0.15) is 25.3 Å². The molecular weight excluding hydrogens is 300 g/mol. The van der Waals surface area contributed by atoms with Gasteiger partial charge >= 0.3 is 11.9 Å². The number of aromatic amines is 1. The van der Waals surface area contributed by atoms with Gasteiger partial charge in [-0.15, -0.1) is 0 Å². The normalized spacial score (nSPS) is 10.5. The van der Waals surface area contributed by atoms with Crippen LogP contribution in [0.2, 0.25) is 0 Å². The molecule has 0 aliphatic carbocycles. The molecule has 7 nitrogen and oxygen atoms in total. The standard InChI is InChI=1S/C16H18N2O5/c1-10(19)17-7-6-11-9-18-14-8-12(2-3-13(11)14)23-16(22)5-4-15(20)21/h2-3,8-9,18H,4-7H2,1H3,(H,17,19)(H,20,21). The molecule has 0 radical (unpaired) electrons. The summed E-state index contributed by atoms with van der Waals surface area (Å²) in [5.41, 5.74) is 1.86. The third-order valence-electron chi connectivity index (χ3n) is 3.28. The quantitative estimate of drug-likeness (QED) is 0.531. The molecule has 3 N–H and O–H groups in total. The molecular formula is C16H18N2O5. The number of rotatable bonds is 7. The SMILES string of the molecule is CC(=O)NCCc1c[nH]c2cc(OC(=O)CCC(=O)O)ccc12. The Labute approximate surface area is 132 Å². The van der Waals surface area contributed by atoms with Crippen molar-refractivity contribution in [1.29, 1.82) is 0 Å². The number of hydrogen-bond acceptors (Lipinski definition) is 4. The number of fused-ring (bicyclic) bond motifs is 1. The molecule has 1 amide bonds. The van der Waals surface area contributed by atoms with E-state index in [1.165, 1.54) is 6.92 Å². The van der Waals surface area contributed by atoms with Crippen LogP contribution in [0.15, 0.2) is 24.4 Å². The number of ether oxygens (including phenoxy) is 1. The van der Waals surface area contributed by atoms with Crippen molar-refractivity contribution >= 4 is 28.7 Å². The summed E-state index contributed by atoms with van der Waals surface area (Å²) in [5, 5.41) is 12.3. The number of carboxylic acid groups (broad SMARTS) is 1. The Hall–Kier alpha value is -2.83. The van der Waals surface area contributed by atoms with Crippen LogP contribution < -0.4 is 10.1 Å². The number of nitrogens with one attached hydrogen (secondary N) is 2. The molecule has 2 rings (SSSR count). The Morgan fingerprint density at radius 1 is 1.26 bits per heavy atom. The molecule has 1 aromatic carbocycles. The van der Waals surface area contributed by atoms with Gasteiger partial charge in [0, 0.05) is 36.6 Å². The van der Waals surface area contributed by atoms with E-state index in [0.717, 1.165) is 16.5 Å². The lowest BCUT2D eigenvalue weighted by molar-refractivity contribution is -0.142. The van der Waals surface area contributed by atoms with E-state index in [4.69, 9.17) is 9.84 Å². The average molecular weight is 318 g/mol. The first-order valence-electron chi connectivity index (χ1n) is 7.22. The Kier molecular flexibility index (Phi) is 5.35. The van der Waals surface area contributed by atoms with Gasteiger partial charge in [0.05, 0.1) is 12.8 Å². The summed E-state index contributed by atoms with van der Waals surface area (Å²) in [6.45, 7) is 2.02. The number of esters is 1. The molecule has 0 bridgehead atoms. The molecule has 1 heterocycles. The van der Waals surface area contributed by atoms with E-state index in [-0.39, 0.29) is 18.7 Å². The molecule has 1 aromatic heterocycles. The molecule has 0 aliphatic heterocycles. The number of amides is 1. The van der Waals surface area contributed by atoms with E-state index in [1.54, 1.807) is 12.1 Å². The maximum Gasteiger partial charge on any atom is 0.311 e. The van der Waals surface area contributed by atoms with Crippen LogP contribution >= 0.6 is 0 Å². The predicted molar refractivity (Wildman–Crippen MR) is 83.2 cm³/mol. The summed E-state index contributed by atoms with van der Waals surface area (Å²) in [4.78, 5) is 35.9. The highest BCUT2D eigenvalue weighted by Crippen LogP contribution is 2.24. The van der Waals surface area contributed by atoms with E-state index in [2.05, 4.69) is 10.3 Å². The van der Waals surface area contributed by atoms with E-state index >= 15 is 0 Å². The number of carboxylic acids is 1. The highest BCUT2D eigenvalue weighted by atomic mass is 16.5. The molecule has 0 fully saturated rings. The summed E-state index contributed by atoms with van der Waals surface area (Å²) >= 11 is 0. The summed E-state index contributed by atoms with van der Waals surface area (Å²) < 4.78 is 5.12. The molecule has 7 heteroatoms. The molecule has 0 spiro atoms. The topological polar surface area (TPSA) is 108 Å². The molecule has 2 aromatic rings. The Bertz CT molecular complexity index is 735. The van der Waals surface area contributed by atoms with E-state index in [1.807, 2.05) is 12.3 Å². The van der Waals surface area contributed by atoms with Gasteiger partial charge < -0.3 is 20.1 Å². The van der Waals surface area contributed by atoms with Gasteiger partial charge in [-0.25, -0.2) is 0 Å². The van der Waals surface area contributed by atoms with E-state index in [0.29, 0.717) is 18.7 Å². The third-order valence-corrected chi connectivity index (χ3v) is 3.28. The summed E-state index contributed by atoms with van der Waals surface area (Å²) in [7, 11) is 0. The zero-order valence-corrected chi connectivity index (χ0v) is 12.7. The molecule has 122 valence electrons. The van der Waals surface area contributed by atoms with Gasteiger partial charge in [-0.3, -0.25) is 14.4 Å². The zero-order valence-electron chi connectivity index (χ0n) is 12.7. The summed E-state index contributed by atoms with van der Waals surface area (Å²) in [6.07, 6.45) is 2.12. The first-order chi connectivity index (χ1) is 11.0. The van der Waals surface area contributed by atoms with Crippen LogP contribution in [0.25, 0.3) is 10.9 Å². The van der Waals surface area contributed by atoms with Gasteiger partial charge in [-0.05, 0) is 24.1 Å². The van der Waals surface area contributed by atoms with Crippen molar-refractivity contribution in [1.82, 2.24) is 10.3 Å². The molecule has 0 atom stereocenters. The lowest BCUT2D eigenvalue weighted by atomic mass is 10.1. The second-order valence-electron chi connectivity index (χ2n) is 5.12. The largest absolute Gasteiger partial charge is 0.481 e. The van der Waals surface area contributed by atoms with Gasteiger partial charge in [0.15, 0.2) is 0 Å². The Morgan fingerprint density at radius 3 is 2.74 bits per heavy atom. The van der Waals surface area contributed by atoms with Crippen molar-refractivity contribution in [3.05, 3.63) is 30.0 Å². The first kappa shape index (κ1) is 16.5. The van der Waals surface area contributed by atoms with Gasteiger partial charge in [0.2, 0.25) is 5.91 Å². The van der Waals surface area contributed by atoms with Crippen LogP contribution in [-0.4, -0.2) is 34.5 Å². The summed E-state index contributed by atoms with van der Waals surface area (Å²) in [6, 6.07) is 5.18. The molecule has 0 saturated carbocycles. The van der Waals surface area contributed by atoms with Crippen molar-refractivity contribution in [2.24, 2.45) is 0 Å². The minimum Gasteiger partial charge on any atom is -0.481 e. The second kappa shape index (κ2) is 7.44. The van der Waals surface area contributed by atoms with Crippen LogP contribution in [-0.2, 0) is 20.8 Å². The van der Waals surface area contributed by atoms with Crippen LogP contribution in [0.4, 0.5) is 0 Å². The van der Waals surface area contributed by atoms with E-state index < -0.39 is 11.9 Å². The van der Waals surface area contributed by atoms with Crippen LogP contribution in [0, 0.1) is 0 Å². The minimum atomic E-state index is -1.04. The maximum atomic E-state index is 11.5. The van der Waals surface area contributed by atoms with Gasteiger partial charge in [-0.2, -0.15) is 0 Å². The van der Waals surface area contributed by atoms with E-state index in [9.17, 15) is 14.4 Å². The van der Waals surface area contributed by atoms with Crippen molar-refractivity contribution in [2.75, 3.05) is 6.54 Å². The fourth-order valence-corrected chi connectivity index (χ4v) is 2.20. The third kappa shape index (κ3) is 4.84. The van der Waals surface area contributed by atoms with Gasteiger partial charge in [-0.1, -0.05) is 0 Å². The first-order valence-corrected chi connectivity index (χ1v) is 7.22. The zero-order chi connectivity index (χ0) is 16.8. The molecule has 23 heavy (non-hydrogen) atoms. The summed E-state index contributed by atoms with van der Waals surface area (Å²) in [5.74, 6) is -1.32. The number of H-pyrrole nitrogens is 1. The molecule has 0 unspecified atom stereocenters. The van der Waals surface area contributed by atoms with Crippen LogP contribution in [0.5, 0.6) is 5.75 Å². The lowest BCUT2D eigenvalue weighted by Gasteiger charge is -2.04. The van der Waals surface area contributed by atoms with Gasteiger partial charge in [0.25, 0.3) is 0 Å². The van der Waals surface area contributed by atoms with Crippen molar-refractivity contribution in [3.8, 4) is 5.75 Å². The second-order valence-corrected chi connectivity index (χ2v) is 5.12. The highest BCUT2D eigenvalue weighted by molar-refractivity contribution is 5.85. The predicted octanol–water partition coefficient (Wildman–Crippen LogP) is 1.62. The average Bonchev–Trinajstić information content (AvgIpc) is 2.87. The maximum absolute atomic E-state index is 11.5. The van der Waals surface area contributed by atoms with Crippen molar-refractivity contribution < 1.29 is 24.2 Å². The fourth-order valence-electron chi connectivity index (χ4n) is 2.20. The Morgan fingerprint density at radius 2 is 2.04 bits per heavy atom. The smallest absolute Gasteiger partial charge is 0.311 e. The number of hydrogen-bond donors (Lipinski definition) is 3. The number of benzene rings is 1. The fraction of sp³-hybridized carbons (Fsp3) is 0.312. The number of carbonyl (C=O) groups excluding carboxylic acids is 2. The molecule has 0 aliphatic rings. The van der Waals surface area contributed by atoms with Crippen molar-refractivity contribution in [2.45, 2.75) is 26.2 Å². The van der Waals surface area contributed by atoms with Crippen molar-refractivity contribution in [3.63, 3.8) is 0 Å². The van der Waals surface area contributed by atoms with Crippen LogP contribution in [0.3, 0.4) is 0 Å². The van der Waals surface area contributed by atoms with Gasteiger partial charge in [0.1, 0.15) is 5.75 Å². The number of aliphatic carboxylic acids is 1.